The van der Waals surface area contributed by atoms with Gasteiger partial charge in [-0.1, -0.05) is 54.1 Å². The van der Waals surface area contributed by atoms with E-state index in [0.29, 0.717) is 29.1 Å². The van der Waals surface area contributed by atoms with Gasteiger partial charge >= 0.3 is 0 Å². The lowest BCUT2D eigenvalue weighted by Gasteiger charge is -2.36. The molecular formula is C25H26ClN3O5. The van der Waals surface area contributed by atoms with Crippen LogP contribution in [0.15, 0.2) is 54.6 Å². The number of hydrogen-bond donors (Lipinski definition) is 3. The third-order valence-corrected chi connectivity index (χ3v) is 7.69. The van der Waals surface area contributed by atoms with Crippen LogP contribution in [-0.2, 0) is 19.1 Å². The molecule has 9 heteroatoms. The highest BCUT2D eigenvalue weighted by molar-refractivity contribution is 6.33. The van der Waals surface area contributed by atoms with Crippen LogP contribution in [0.25, 0.3) is 0 Å². The van der Waals surface area contributed by atoms with Crippen LogP contribution in [0.5, 0.6) is 0 Å². The second kappa shape index (κ2) is 8.69. The van der Waals surface area contributed by atoms with Crippen molar-refractivity contribution in [3.8, 4) is 0 Å². The minimum atomic E-state index is -1.16. The molecule has 178 valence electrons. The second-order valence-electron chi connectivity index (χ2n) is 8.99. The summed E-state index contributed by atoms with van der Waals surface area (Å²) >= 11 is 6.28. The number of aliphatic hydroxyl groups is 1. The summed E-state index contributed by atoms with van der Waals surface area (Å²) in [5.74, 6) is -2.61. The van der Waals surface area contributed by atoms with E-state index >= 15 is 0 Å². The summed E-state index contributed by atoms with van der Waals surface area (Å²) in [6, 6.07) is 14.1. The summed E-state index contributed by atoms with van der Waals surface area (Å²) in [6.07, 6.45) is 0.600. The fourth-order valence-corrected chi connectivity index (χ4v) is 6.17. The lowest BCUT2D eigenvalue weighted by Crippen LogP contribution is -2.54. The summed E-state index contributed by atoms with van der Waals surface area (Å²) in [4.78, 5) is 42.0. The topological polar surface area (TPSA) is 108 Å². The number of halogens is 1. The number of anilines is 1. The van der Waals surface area contributed by atoms with Gasteiger partial charge in [-0.15, -0.1) is 0 Å². The molecule has 0 aromatic heterocycles. The molecule has 3 aliphatic heterocycles. The average Bonchev–Trinajstić information content (AvgIpc) is 3.49. The first-order valence-corrected chi connectivity index (χ1v) is 11.7. The first-order chi connectivity index (χ1) is 16.4. The van der Waals surface area contributed by atoms with Crippen molar-refractivity contribution in [2.75, 3.05) is 19.0 Å². The van der Waals surface area contributed by atoms with Crippen LogP contribution >= 0.6 is 11.6 Å². The number of carbonyl (C=O) groups excluding carboxylic acids is 3. The number of nitrogens with one attached hydrogen (secondary N) is 2. The summed E-state index contributed by atoms with van der Waals surface area (Å²) in [5, 5.41) is 16.2. The zero-order valence-electron chi connectivity index (χ0n) is 18.6. The highest BCUT2D eigenvalue weighted by Gasteiger charge is 2.75. The van der Waals surface area contributed by atoms with Crippen molar-refractivity contribution in [3.05, 3.63) is 65.2 Å². The summed E-state index contributed by atoms with van der Waals surface area (Å²) in [5.41, 5.74) is -0.0553. The van der Waals surface area contributed by atoms with E-state index in [1.165, 1.54) is 11.9 Å². The van der Waals surface area contributed by atoms with Gasteiger partial charge < -0.3 is 25.4 Å². The number of nitrogens with zero attached hydrogens (tertiary/aromatic N) is 1. The van der Waals surface area contributed by atoms with Gasteiger partial charge in [-0.25, -0.2) is 0 Å². The molecule has 0 aliphatic carbocycles. The molecule has 6 atom stereocenters. The number of hydrogen-bond acceptors (Lipinski definition) is 5. The highest BCUT2D eigenvalue weighted by atomic mass is 35.5. The Balaban J connectivity index is 1.60. The number of amides is 3. The number of rotatable bonds is 6. The lowest BCUT2D eigenvalue weighted by atomic mass is 9.70. The molecule has 3 aliphatic rings. The molecule has 3 fully saturated rings. The molecule has 2 bridgehead atoms. The van der Waals surface area contributed by atoms with E-state index in [9.17, 15) is 19.5 Å². The molecule has 2 unspecified atom stereocenters. The first-order valence-electron chi connectivity index (χ1n) is 11.4. The Morgan fingerprint density at radius 3 is 2.56 bits per heavy atom. The zero-order valence-corrected chi connectivity index (χ0v) is 19.4. The van der Waals surface area contributed by atoms with Gasteiger partial charge in [-0.05, 0) is 30.5 Å². The minimum Gasteiger partial charge on any atom is -0.394 e. The van der Waals surface area contributed by atoms with Gasteiger partial charge in [-0.2, -0.15) is 0 Å². The number of likely N-dealkylation sites (tertiary alicyclic amines) is 1. The van der Waals surface area contributed by atoms with Crippen molar-refractivity contribution in [2.24, 2.45) is 11.8 Å². The van der Waals surface area contributed by atoms with E-state index in [-0.39, 0.29) is 18.4 Å². The standard InChI is InChI=1S/C25H26ClN3O5/c1-27-22(31)19-18-11-12-25(34-18)20(19)24(33)29(17(13-30)14-7-3-2-4-8-14)21(25)23(32)28-16-10-6-5-9-15(16)26/h2-10,17-21,30H,11-13H2,1H3,(H,27,31)(H,28,32)/t17-,18+,19-,20+,21?,25?/m1/s1. The first kappa shape index (κ1) is 22.8. The van der Waals surface area contributed by atoms with Crippen LogP contribution in [0.2, 0.25) is 5.02 Å². The Kier molecular flexibility index (Phi) is 5.83. The second-order valence-corrected chi connectivity index (χ2v) is 9.40. The maximum Gasteiger partial charge on any atom is 0.250 e. The van der Waals surface area contributed by atoms with Gasteiger partial charge in [0.25, 0.3) is 0 Å². The van der Waals surface area contributed by atoms with Gasteiger partial charge in [0, 0.05) is 7.05 Å². The highest BCUT2D eigenvalue weighted by Crippen LogP contribution is 2.59. The Labute approximate surface area is 202 Å². The molecule has 0 saturated carbocycles. The fraction of sp³-hybridized carbons (Fsp3) is 0.400. The van der Waals surface area contributed by atoms with Crippen molar-refractivity contribution in [1.82, 2.24) is 10.2 Å². The van der Waals surface area contributed by atoms with Crippen molar-refractivity contribution >= 4 is 35.0 Å². The Morgan fingerprint density at radius 1 is 1.18 bits per heavy atom. The normalized spacial score (nSPS) is 30.2. The van der Waals surface area contributed by atoms with Gasteiger partial charge in [0.15, 0.2) is 0 Å². The van der Waals surface area contributed by atoms with E-state index < -0.39 is 41.5 Å². The predicted octanol–water partition coefficient (Wildman–Crippen LogP) is 2.13. The molecule has 3 N–H and O–H groups in total. The largest absolute Gasteiger partial charge is 0.394 e. The molecule has 3 heterocycles. The molecule has 2 aromatic rings. The lowest BCUT2D eigenvalue weighted by molar-refractivity contribution is -0.144. The van der Waals surface area contributed by atoms with Gasteiger partial charge in [0.1, 0.15) is 11.6 Å². The maximum absolute atomic E-state index is 14.0. The average molecular weight is 484 g/mol. The molecule has 1 spiro atoms. The number of ether oxygens (including phenoxy) is 1. The monoisotopic (exact) mass is 483 g/mol. The van der Waals surface area contributed by atoms with Crippen LogP contribution < -0.4 is 10.6 Å². The van der Waals surface area contributed by atoms with Crippen molar-refractivity contribution in [3.63, 3.8) is 0 Å². The fourth-order valence-electron chi connectivity index (χ4n) is 5.99. The van der Waals surface area contributed by atoms with E-state index in [1.807, 2.05) is 18.2 Å². The van der Waals surface area contributed by atoms with Crippen molar-refractivity contribution < 1.29 is 24.2 Å². The number of aliphatic hydroxyl groups excluding tert-OH is 1. The van der Waals surface area contributed by atoms with E-state index in [1.54, 1.807) is 36.4 Å². The SMILES string of the molecule is CNC(=O)[C@@H]1[C@@H]2CCC3(O2)C(C(=O)Nc2ccccc2Cl)N([C@H](CO)c2ccccc2)C(=O)[C@H]13. The van der Waals surface area contributed by atoms with Crippen LogP contribution in [0.4, 0.5) is 5.69 Å². The van der Waals surface area contributed by atoms with E-state index in [2.05, 4.69) is 10.6 Å². The van der Waals surface area contributed by atoms with Crippen LogP contribution in [0.3, 0.4) is 0 Å². The van der Waals surface area contributed by atoms with Gasteiger partial charge in [-0.3, -0.25) is 14.4 Å². The van der Waals surface area contributed by atoms with Crippen LogP contribution in [0.1, 0.15) is 24.4 Å². The van der Waals surface area contributed by atoms with Crippen LogP contribution in [0, 0.1) is 11.8 Å². The van der Waals surface area contributed by atoms with Crippen LogP contribution in [-0.4, -0.2) is 59.1 Å². The van der Waals surface area contributed by atoms with Gasteiger partial charge in [0.2, 0.25) is 17.7 Å². The van der Waals surface area contributed by atoms with Crippen molar-refractivity contribution in [1.29, 1.82) is 0 Å². The molecule has 3 amide bonds. The van der Waals surface area contributed by atoms with Crippen molar-refractivity contribution in [2.45, 2.75) is 36.6 Å². The Bertz CT molecular complexity index is 1130. The molecular weight excluding hydrogens is 458 g/mol. The molecule has 2 aromatic carbocycles. The summed E-state index contributed by atoms with van der Waals surface area (Å²) in [6.45, 7) is -0.386. The molecule has 34 heavy (non-hydrogen) atoms. The van der Waals surface area contributed by atoms with Gasteiger partial charge in [0.05, 0.1) is 41.3 Å². The number of benzene rings is 2. The molecule has 3 saturated heterocycles. The number of fused-ring (bicyclic) bond motifs is 1. The maximum atomic E-state index is 14.0. The van der Waals surface area contributed by atoms with E-state index in [0.717, 1.165) is 0 Å². The summed E-state index contributed by atoms with van der Waals surface area (Å²) in [7, 11) is 1.53. The minimum absolute atomic E-state index is 0.280. The van der Waals surface area contributed by atoms with E-state index in [4.69, 9.17) is 16.3 Å². The number of para-hydroxylation sites is 1. The summed E-state index contributed by atoms with van der Waals surface area (Å²) < 4.78 is 6.35. The third-order valence-electron chi connectivity index (χ3n) is 7.36. The number of carbonyl (C=O) groups is 3. The molecule has 5 rings (SSSR count). The predicted molar refractivity (Wildman–Crippen MR) is 125 cm³/mol. The molecule has 0 radical (unpaired) electrons. The zero-order chi connectivity index (χ0) is 24.0. The third kappa shape index (κ3) is 3.32. The Hall–Kier alpha value is -2.94. The quantitative estimate of drug-likeness (QED) is 0.583. The molecule has 8 nitrogen and oxygen atoms in total. The smallest absolute Gasteiger partial charge is 0.250 e. The Morgan fingerprint density at radius 2 is 1.88 bits per heavy atom.